The van der Waals surface area contributed by atoms with E-state index in [1.807, 2.05) is 0 Å². The number of pyridine rings is 1. The van der Waals surface area contributed by atoms with Crippen LogP contribution < -0.4 is 10.3 Å². The lowest BCUT2D eigenvalue weighted by molar-refractivity contribution is 0.213. The molecular weight excluding hydrogens is 236 g/mol. The zero-order chi connectivity index (χ0) is 12.7. The van der Waals surface area contributed by atoms with Crippen molar-refractivity contribution in [1.82, 2.24) is 10.5 Å². The summed E-state index contributed by atoms with van der Waals surface area (Å²) in [5, 5.41) is 1.12. The van der Waals surface area contributed by atoms with Crippen LogP contribution in [0.1, 0.15) is 29.7 Å². The first kappa shape index (κ1) is 11.0. The number of hydroxylamine groups is 1. The zero-order valence-electron chi connectivity index (χ0n) is 10.8. The fourth-order valence-electron chi connectivity index (χ4n) is 2.95. The predicted molar refractivity (Wildman–Crippen MR) is 76.0 cm³/mol. The standard InChI is InChI=1S/C16H16N2O/c1-2-6-14-12(4-1)10-13-15(18-14)8-7-11-5-3-9-17-19-16(11)13/h3,5,7-8,10,17H,1-2,4,6,9H2. The first-order valence-corrected chi connectivity index (χ1v) is 6.93. The smallest absolute Gasteiger partial charge is 0.163 e. The van der Waals surface area contributed by atoms with Crippen molar-refractivity contribution in [3.05, 3.63) is 41.1 Å². The minimum absolute atomic E-state index is 0.731. The Morgan fingerprint density at radius 2 is 2.11 bits per heavy atom. The minimum Gasteiger partial charge on any atom is -0.407 e. The number of nitrogens with zero attached hydrogens (tertiary/aromatic N) is 1. The fraction of sp³-hybridized carbons (Fsp3) is 0.312. The zero-order valence-corrected chi connectivity index (χ0v) is 10.8. The van der Waals surface area contributed by atoms with E-state index in [-0.39, 0.29) is 0 Å². The van der Waals surface area contributed by atoms with E-state index in [0.29, 0.717) is 0 Å². The van der Waals surface area contributed by atoms with Gasteiger partial charge in [0, 0.05) is 16.6 Å². The molecule has 0 saturated heterocycles. The number of hydrogen-bond acceptors (Lipinski definition) is 3. The van der Waals surface area contributed by atoms with Crippen LogP contribution in [0.2, 0.25) is 0 Å². The summed E-state index contributed by atoms with van der Waals surface area (Å²) in [7, 11) is 0. The number of rotatable bonds is 0. The molecule has 1 N–H and O–H groups in total. The minimum atomic E-state index is 0.731. The fourth-order valence-corrected chi connectivity index (χ4v) is 2.95. The van der Waals surface area contributed by atoms with Crippen molar-refractivity contribution < 1.29 is 4.84 Å². The molecule has 3 nitrogen and oxygen atoms in total. The summed E-state index contributed by atoms with van der Waals surface area (Å²) in [6.07, 6.45) is 8.97. The van der Waals surface area contributed by atoms with Crippen molar-refractivity contribution in [1.29, 1.82) is 0 Å². The lowest BCUT2D eigenvalue weighted by Crippen LogP contribution is -2.17. The topological polar surface area (TPSA) is 34.1 Å². The molecule has 0 amide bonds. The molecule has 0 atom stereocenters. The molecule has 4 rings (SSSR count). The largest absolute Gasteiger partial charge is 0.407 e. The maximum atomic E-state index is 5.70. The molecule has 96 valence electrons. The molecule has 2 heterocycles. The van der Waals surface area contributed by atoms with Gasteiger partial charge >= 0.3 is 0 Å². The molecule has 1 aromatic carbocycles. The summed E-state index contributed by atoms with van der Waals surface area (Å²) in [6, 6.07) is 6.46. The van der Waals surface area contributed by atoms with Crippen LogP contribution in [0.25, 0.3) is 17.0 Å². The molecule has 1 aromatic heterocycles. The van der Waals surface area contributed by atoms with Crippen molar-refractivity contribution in [2.45, 2.75) is 25.7 Å². The first-order chi connectivity index (χ1) is 9.42. The van der Waals surface area contributed by atoms with Crippen LogP contribution in [0.4, 0.5) is 0 Å². The van der Waals surface area contributed by atoms with Gasteiger partial charge in [0.1, 0.15) is 0 Å². The Morgan fingerprint density at radius 3 is 3.11 bits per heavy atom. The van der Waals surface area contributed by atoms with Crippen molar-refractivity contribution in [3.63, 3.8) is 0 Å². The van der Waals surface area contributed by atoms with Gasteiger partial charge in [-0.15, -0.1) is 0 Å². The quantitative estimate of drug-likeness (QED) is 0.782. The molecule has 1 aliphatic heterocycles. The van der Waals surface area contributed by atoms with Gasteiger partial charge in [0.25, 0.3) is 0 Å². The Labute approximate surface area is 112 Å². The molecule has 0 saturated carbocycles. The lowest BCUT2D eigenvalue weighted by atomic mass is 9.94. The summed E-state index contributed by atoms with van der Waals surface area (Å²) in [5.41, 5.74) is 7.79. The molecule has 1 aliphatic carbocycles. The lowest BCUT2D eigenvalue weighted by Gasteiger charge is -2.17. The predicted octanol–water partition coefficient (Wildman–Crippen LogP) is 3.02. The Bertz CT molecular complexity index is 676. The third kappa shape index (κ3) is 1.81. The van der Waals surface area contributed by atoms with Crippen LogP contribution in [-0.2, 0) is 12.8 Å². The van der Waals surface area contributed by atoms with Crippen LogP contribution >= 0.6 is 0 Å². The molecule has 0 unspecified atom stereocenters. The Balaban J connectivity index is 1.98. The molecular formula is C16H16N2O. The average Bonchev–Trinajstić information content (AvgIpc) is 2.70. The van der Waals surface area contributed by atoms with Gasteiger partial charge in [-0.2, -0.15) is 5.48 Å². The monoisotopic (exact) mass is 252 g/mol. The van der Waals surface area contributed by atoms with E-state index in [9.17, 15) is 0 Å². The molecule has 2 aromatic rings. The van der Waals surface area contributed by atoms with Crippen LogP contribution in [0.15, 0.2) is 24.3 Å². The van der Waals surface area contributed by atoms with E-state index in [1.54, 1.807) is 0 Å². The molecule has 0 fully saturated rings. The average molecular weight is 252 g/mol. The number of aryl methyl sites for hydroxylation is 2. The highest BCUT2D eigenvalue weighted by molar-refractivity contribution is 5.90. The second-order valence-corrected chi connectivity index (χ2v) is 5.20. The number of nitrogens with one attached hydrogen (secondary N) is 1. The Morgan fingerprint density at radius 1 is 1.16 bits per heavy atom. The summed E-state index contributed by atoms with van der Waals surface area (Å²) < 4.78 is 0. The van der Waals surface area contributed by atoms with Crippen molar-refractivity contribution in [2.75, 3.05) is 6.54 Å². The second kappa shape index (κ2) is 4.35. The summed E-state index contributed by atoms with van der Waals surface area (Å²) in [5.74, 6) is 0.909. The van der Waals surface area contributed by atoms with E-state index in [4.69, 9.17) is 9.82 Å². The van der Waals surface area contributed by atoms with Crippen LogP contribution in [0.5, 0.6) is 5.75 Å². The molecule has 0 radical (unpaired) electrons. The molecule has 3 heteroatoms. The third-order valence-electron chi connectivity index (χ3n) is 3.93. The maximum absolute atomic E-state index is 5.70. The molecule has 0 bridgehead atoms. The highest BCUT2D eigenvalue weighted by atomic mass is 16.6. The van der Waals surface area contributed by atoms with E-state index in [1.165, 1.54) is 24.1 Å². The molecule has 19 heavy (non-hydrogen) atoms. The van der Waals surface area contributed by atoms with Crippen LogP contribution in [0, 0.1) is 0 Å². The number of benzene rings is 1. The van der Waals surface area contributed by atoms with Gasteiger partial charge in [0.05, 0.1) is 12.1 Å². The van der Waals surface area contributed by atoms with Gasteiger partial charge in [-0.3, -0.25) is 4.98 Å². The molecule has 0 spiro atoms. The second-order valence-electron chi connectivity index (χ2n) is 5.20. The number of aromatic nitrogens is 1. The van der Waals surface area contributed by atoms with Crippen molar-refractivity contribution in [3.8, 4) is 5.75 Å². The normalized spacial score (nSPS) is 17.5. The Kier molecular flexibility index (Phi) is 2.52. The van der Waals surface area contributed by atoms with Gasteiger partial charge in [-0.05, 0) is 49.4 Å². The van der Waals surface area contributed by atoms with Crippen molar-refractivity contribution in [2.24, 2.45) is 0 Å². The van der Waals surface area contributed by atoms with Gasteiger partial charge < -0.3 is 4.84 Å². The van der Waals surface area contributed by atoms with E-state index >= 15 is 0 Å². The summed E-state index contributed by atoms with van der Waals surface area (Å²) in [4.78, 5) is 10.5. The van der Waals surface area contributed by atoms with Crippen LogP contribution in [-0.4, -0.2) is 11.5 Å². The van der Waals surface area contributed by atoms with Gasteiger partial charge in [0.2, 0.25) is 0 Å². The Hall–Kier alpha value is -1.87. The van der Waals surface area contributed by atoms with Crippen LogP contribution in [0.3, 0.4) is 0 Å². The van der Waals surface area contributed by atoms with E-state index in [2.05, 4.69) is 35.8 Å². The van der Waals surface area contributed by atoms with E-state index < -0.39 is 0 Å². The van der Waals surface area contributed by atoms with Crippen molar-refractivity contribution >= 4 is 17.0 Å². The van der Waals surface area contributed by atoms with Gasteiger partial charge in [0.15, 0.2) is 5.75 Å². The summed E-state index contributed by atoms with van der Waals surface area (Å²) >= 11 is 0. The van der Waals surface area contributed by atoms with Gasteiger partial charge in [-0.1, -0.05) is 12.2 Å². The third-order valence-corrected chi connectivity index (χ3v) is 3.93. The maximum Gasteiger partial charge on any atom is 0.163 e. The number of hydrogen-bond donors (Lipinski definition) is 1. The molecule has 2 aliphatic rings. The van der Waals surface area contributed by atoms with E-state index in [0.717, 1.165) is 41.6 Å². The first-order valence-electron chi connectivity index (χ1n) is 6.93. The highest BCUT2D eigenvalue weighted by Crippen LogP contribution is 2.33. The SMILES string of the molecule is C1=Cc2ccc3nc4c(cc3c2ONC1)CCCC4. The number of fused-ring (bicyclic) bond motifs is 4. The van der Waals surface area contributed by atoms with Gasteiger partial charge in [-0.25, -0.2) is 0 Å². The summed E-state index contributed by atoms with van der Waals surface area (Å²) in [6.45, 7) is 0.731. The highest BCUT2D eigenvalue weighted by Gasteiger charge is 2.16.